The van der Waals surface area contributed by atoms with Crippen LogP contribution in [0.1, 0.15) is 38.7 Å². The number of rotatable bonds is 5. The highest BCUT2D eigenvalue weighted by Crippen LogP contribution is 2.27. The summed E-state index contributed by atoms with van der Waals surface area (Å²) < 4.78 is 5.12. The molecule has 0 spiro atoms. The van der Waals surface area contributed by atoms with E-state index in [1.54, 1.807) is 6.26 Å². The molecule has 0 radical (unpaired) electrons. The van der Waals surface area contributed by atoms with E-state index in [0.29, 0.717) is 0 Å². The largest absolute Gasteiger partial charge is 0.472 e. The average Bonchev–Trinajstić information content (AvgIpc) is 2.80. The van der Waals surface area contributed by atoms with E-state index in [0.717, 1.165) is 12.6 Å². The van der Waals surface area contributed by atoms with Gasteiger partial charge in [-0.15, -0.1) is 0 Å². The number of hydrogen-bond donors (Lipinski definition) is 1. The van der Waals surface area contributed by atoms with Crippen molar-refractivity contribution in [2.45, 2.75) is 44.6 Å². The fraction of sp³-hybridized carbons (Fsp3) is 0.667. The second-order valence-corrected chi connectivity index (χ2v) is 4.87. The first-order chi connectivity index (χ1) is 6.68. The molecule has 0 bridgehead atoms. The van der Waals surface area contributed by atoms with Crippen LogP contribution in [-0.4, -0.2) is 12.6 Å². The fourth-order valence-corrected chi connectivity index (χ4v) is 1.67. The summed E-state index contributed by atoms with van der Waals surface area (Å²) >= 11 is 0. The zero-order chi connectivity index (χ0) is 10.0. The summed E-state index contributed by atoms with van der Waals surface area (Å²) in [5, 5.41) is 3.54. The highest BCUT2D eigenvalue weighted by molar-refractivity contribution is 5.17. The Labute approximate surface area is 85.7 Å². The predicted molar refractivity (Wildman–Crippen MR) is 57.4 cm³/mol. The van der Waals surface area contributed by atoms with Crippen molar-refractivity contribution in [1.29, 1.82) is 0 Å². The molecule has 14 heavy (non-hydrogen) atoms. The summed E-state index contributed by atoms with van der Waals surface area (Å²) in [6.07, 6.45) is 7.52. The predicted octanol–water partition coefficient (Wildman–Crippen LogP) is 2.70. The lowest BCUT2D eigenvalue weighted by molar-refractivity contribution is 0.448. The topological polar surface area (TPSA) is 25.2 Å². The van der Waals surface area contributed by atoms with Crippen molar-refractivity contribution in [3.8, 4) is 0 Å². The van der Waals surface area contributed by atoms with E-state index in [2.05, 4.69) is 25.2 Å². The van der Waals surface area contributed by atoms with Gasteiger partial charge >= 0.3 is 0 Å². The van der Waals surface area contributed by atoms with Gasteiger partial charge in [-0.3, -0.25) is 0 Å². The van der Waals surface area contributed by atoms with Crippen molar-refractivity contribution in [2.75, 3.05) is 6.54 Å². The Balaban J connectivity index is 1.81. The van der Waals surface area contributed by atoms with E-state index in [1.807, 2.05) is 6.26 Å². The Morgan fingerprint density at radius 2 is 2.29 bits per heavy atom. The third-order valence-electron chi connectivity index (χ3n) is 3.06. The van der Waals surface area contributed by atoms with Gasteiger partial charge in [0, 0.05) is 6.04 Å². The van der Waals surface area contributed by atoms with Crippen molar-refractivity contribution < 1.29 is 4.42 Å². The normalized spacial score (nSPS) is 17.3. The number of nitrogens with one attached hydrogen (secondary N) is 1. The second-order valence-electron chi connectivity index (χ2n) is 4.87. The minimum absolute atomic E-state index is 0.231. The monoisotopic (exact) mass is 193 g/mol. The van der Waals surface area contributed by atoms with Gasteiger partial charge in [0.1, 0.15) is 0 Å². The summed E-state index contributed by atoms with van der Waals surface area (Å²) in [7, 11) is 0. The first-order valence-corrected chi connectivity index (χ1v) is 5.44. The highest BCUT2D eigenvalue weighted by atomic mass is 16.3. The lowest BCUT2D eigenvalue weighted by Gasteiger charge is -2.23. The molecule has 1 fully saturated rings. The molecule has 1 aliphatic carbocycles. The molecule has 0 amide bonds. The van der Waals surface area contributed by atoms with Crippen molar-refractivity contribution >= 4 is 0 Å². The van der Waals surface area contributed by atoms with E-state index < -0.39 is 0 Å². The zero-order valence-electron chi connectivity index (χ0n) is 9.05. The first-order valence-electron chi connectivity index (χ1n) is 5.44. The standard InChI is InChI=1S/C12H19NO/c1-12(2,10-5-8-14-9-10)6-7-13-11-3-4-11/h5,8-9,11,13H,3-4,6-7H2,1-2H3. The Hall–Kier alpha value is -0.760. The van der Waals surface area contributed by atoms with Crippen LogP contribution in [0.4, 0.5) is 0 Å². The zero-order valence-corrected chi connectivity index (χ0v) is 9.05. The van der Waals surface area contributed by atoms with Crippen molar-refractivity contribution in [3.63, 3.8) is 0 Å². The minimum atomic E-state index is 0.231. The molecule has 0 unspecified atom stereocenters. The molecule has 2 heteroatoms. The fourth-order valence-electron chi connectivity index (χ4n) is 1.67. The third-order valence-corrected chi connectivity index (χ3v) is 3.06. The molecular weight excluding hydrogens is 174 g/mol. The molecule has 1 saturated carbocycles. The van der Waals surface area contributed by atoms with E-state index in [-0.39, 0.29) is 5.41 Å². The lowest BCUT2D eigenvalue weighted by atomic mass is 9.83. The van der Waals surface area contributed by atoms with Crippen molar-refractivity contribution in [3.05, 3.63) is 24.2 Å². The average molecular weight is 193 g/mol. The van der Waals surface area contributed by atoms with Crippen LogP contribution in [0.25, 0.3) is 0 Å². The third kappa shape index (κ3) is 2.38. The molecule has 0 saturated heterocycles. The van der Waals surface area contributed by atoms with Crippen LogP contribution in [0.3, 0.4) is 0 Å². The molecule has 0 aliphatic heterocycles. The van der Waals surface area contributed by atoms with E-state index in [9.17, 15) is 0 Å². The molecule has 78 valence electrons. The van der Waals surface area contributed by atoms with Gasteiger partial charge in [0.05, 0.1) is 12.5 Å². The maximum absolute atomic E-state index is 5.12. The second kappa shape index (κ2) is 3.77. The Morgan fingerprint density at radius 1 is 1.50 bits per heavy atom. The van der Waals surface area contributed by atoms with Gasteiger partial charge in [0.2, 0.25) is 0 Å². The van der Waals surface area contributed by atoms with E-state index in [4.69, 9.17) is 4.42 Å². The van der Waals surface area contributed by atoms with Gasteiger partial charge < -0.3 is 9.73 Å². The first kappa shape index (κ1) is 9.78. The minimum Gasteiger partial charge on any atom is -0.472 e. The molecule has 2 nitrogen and oxygen atoms in total. The molecule has 1 N–H and O–H groups in total. The Morgan fingerprint density at radius 3 is 2.86 bits per heavy atom. The van der Waals surface area contributed by atoms with Crippen LogP contribution < -0.4 is 5.32 Å². The van der Waals surface area contributed by atoms with Gasteiger partial charge in [0.25, 0.3) is 0 Å². The summed E-state index contributed by atoms with van der Waals surface area (Å²) in [6, 6.07) is 2.88. The van der Waals surface area contributed by atoms with Crippen LogP contribution in [-0.2, 0) is 5.41 Å². The Bertz CT molecular complexity index is 273. The molecule has 0 atom stereocenters. The quantitative estimate of drug-likeness (QED) is 0.777. The van der Waals surface area contributed by atoms with E-state index >= 15 is 0 Å². The molecule has 1 aromatic heterocycles. The van der Waals surface area contributed by atoms with E-state index in [1.165, 1.54) is 24.8 Å². The van der Waals surface area contributed by atoms with Gasteiger partial charge in [0.15, 0.2) is 0 Å². The van der Waals surface area contributed by atoms with Crippen LogP contribution in [0.2, 0.25) is 0 Å². The van der Waals surface area contributed by atoms with Crippen LogP contribution in [0.15, 0.2) is 23.0 Å². The molecule has 2 rings (SSSR count). The van der Waals surface area contributed by atoms with Crippen molar-refractivity contribution in [2.24, 2.45) is 0 Å². The van der Waals surface area contributed by atoms with Gasteiger partial charge in [-0.2, -0.15) is 0 Å². The maximum Gasteiger partial charge on any atom is 0.0939 e. The molecule has 1 aliphatic rings. The van der Waals surface area contributed by atoms with Crippen LogP contribution >= 0.6 is 0 Å². The van der Waals surface area contributed by atoms with Gasteiger partial charge in [-0.1, -0.05) is 13.8 Å². The lowest BCUT2D eigenvalue weighted by Crippen LogP contribution is -2.26. The van der Waals surface area contributed by atoms with Gasteiger partial charge in [-0.25, -0.2) is 0 Å². The molecule has 1 aromatic rings. The van der Waals surface area contributed by atoms with Crippen LogP contribution in [0.5, 0.6) is 0 Å². The van der Waals surface area contributed by atoms with Crippen molar-refractivity contribution in [1.82, 2.24) is 5.32 Å². The molecule has 1 heterocycles. The maximum atomic E-state index is 5.12. The smallest absolute Gasteiger partial charge is 0.0939 e. The Kier molecular flexibility index (Phi) is 2.64. The highest BCUT2D eigenvalue weighted by Gasteiger charge is 2.24. The molecule has 0 aromatic carbocycles. The number of hydrogen-bond acceptors (Lipinski definition) is 2. The summed E-state index contributed by atoms with van der Waals surface area (Å²) in [6.45, 7) is 5.65. The van der Waals surface area contributed by atoms with Gasteiger partial charge in [-0.05, 0) is 42.9 Å². The summed E-state index contributed by atoms with van der Waals surface area (Å²) in [5.41, 5.74) is 1.53. The summed E-state index contributed by atoms with van der Waals surface area (Å²) in [5.74, 6) is 0. The number of furan rings is 1. The molecular formula is C12H19NO. The SMILES string of the molecule is CC(C)(CCNC1CC1)c1ccoc1. The summed E-state index contributed by atoms with van der Waals surface area (Å²) in [4.78, 5) is 0. The van der Waals surface area contributed by atoms with Crippen LogP contribution in [0, 0.1) is 0 Å².